The van der Waals surface area contributed by atoms with Gasteiger partial charge in [-0.1, -0.05) is 32.3 Å². The Kier molecular flexibility index (Phi) is 6.80. The van der Waals surface area contributed by atoms with Crippen LogP contribution in [0.25, 0.3) is 0 Å². The number of sulfonamides is 1. The highest BCUT2D eigenvalue weighted by molar-refractivity contribution is 7.89. The summed E-state index contributed by atoms with van der Waals surface area (Å²) >= 11 is 0. The van der Waals surface area contributed by atoms with Crippen molar-refractivity contribution in [1.82, 2.24) is 9.62 Å². The maximum Gasteiger partial charge on any atom is 0.251 e. The Labute approximate surface area is 145 Å². The van der Waals surface area contributed by atoms with Crippen molar-refractivity contribution >= 4 is 15.9 Å². The summed E-state index contributed by atoms with van der Waals surface area (Å²) in [5.74, 6) is -0.200. The third-order valence-electron chi connectivity index (χ3n) is 4.47. The molecule has 0 bridgehead atoms. The zero-order valence-electron chi connectivity index (χ0n) is 14.7. The number of carbonyl (C=O) groups excluding carboxylic acids is 1. The van der Waals surface area contributed by atoms with Gasteiger partial charge >= 0.3 is 0 Å². The number of carbonyl (C=O) groups is 1. The number of benzene rings is 1. The topological polar surface area (TPSA) is 66.5 Å². The van der Waals surface area contributed by atoms with Gasteiger partial charge in [-0.05, 0) is 43.9 Å². The largest absolute Gasteiger partial charge is 0.352 e. The normalized spacial score (nSPS) is 16.6. The fraction of sp³-hybridized carbons (Fsp3) is 0.611. The molecule has 1 aromatic carbocycles. The SMILES string of the molecule is CCCCNC(=O)c1cc(S(=O)(=O)N2CCCCCC2)ccc1C. The Morgan fingerprint density at radius 3 is 2.46 bits per heavy atom. The maximum atomic E-state index is 12.9. The molecule has 2 rings (SSSR count). The average Bonchev–Trinajstić information content (AvgIpc) is 2.85. The van der Waals surface area contributed by atoms with Crippen molar-refractivity contribution in [3.8, 4) is 0 Å². The summed E-state index contributed by atoms with van der Waals surface area (Å²) in [4.78, 5) is 12.5. The van der Waals surface area contributed by atoms with Crippen molar-refractivity contribution in [3.63, 3.8) is 0 Å². The predicted octanol–water partition coefficient (Wildman–Crippen LogP) is 3.09. The first kappa shape index (κ1) is 18.9. The summed E-state index contributed by atoms with van der Waals surface area (Å²) in [6.07, 6.45) is 5.86. The number of rotatable bonds is 6. The van der Waals surface area contributed by atoms with Gasteiger partial charge < -0.3 is 5.32 Å². The van der Waals surface area contributed by atoms with Crippen molar-refractivity contribution in [1.29, 1.82) is 0 Å². The zero-order valence-corrected chi connectivity index (χ0v) is 15.5. The molecule has 0 aromatic heterocycles. The van der Waals surface area contributed by atoms with E-state index in [0.29, 0.717) is 25.2 Å². The number of hydrogen-bond donors (Lipinski definition) is 1. The molecule has 1 aromatic rings. The Morgan fingerprint density at radius 2 is 1.83 bits per heavy atom. The molecule has 0 spiro atoms. The molecule has 0 unspecified atom stereocenters. The first-order valence-corrected chi connectivity index (χ1v) is 10.3. The van der Waals surface area contributed by atoms with Crippen LogP contribution in [0.4, 0.5) is 0 Å². The molecule has 0 atom stereocenters. The Bertz CT molecular complexity index is 663. The summed E-state index contributed by atoms with van der Waals surface area (Å²) in [5, 5.41) is 2.86. The van der Waals surface area contributed by atoms with E-state index >= 15 is 0 Å². The number of nitrogens with one attached hydrogen (secondary N) is 1. The van der Waals surface area contributed by atoms with Crippen molar-refractivity contribution in [2.45, 2.75) is 57.3 Å². The van der Waals surface area contributed by atoms with Gasteiger partial charge in [-0.25, -0.2) is 8.42 Å². The summed E-state index contributed by atoms with van der Waals surface area (Å²) < 4.78 is 27.3. The molecular formula is C18H28N2O3S. The number of nitrogens with zero attached hydrogens (tertiary/aromatic N) is 1. The van der Waals surface area contributed by atoms with E-state index < -0.39 is 10.0 Å². The number of aryl methyl sites for hydroxylation is 1. The van der Waals surface area contributed by atoms with Gasteiger partial charge in [0.25, 0.3) is 5.91 Å². The van der Waals surface area contributed by atoms with Crippen LogP contribution in [0.1, 0.15) is 61.4 Å². The lowest BCUT2D eigenvalue weighted by Gasteiger charge is -2.20. The predicted molar refractivity (Wildman–Crippen MR) is 95.6 cm³/mol. The van der Waals surface area contributed by atoms with Gasteiger partial charge in [0.2, 0.25) is 10.0 Å². The minimum absolute atomic E-state index is 0.200. The molecule has 1 N–H and O–H groups in total. The van der Waals surface area contributed by atoms with Crippen LogP contribution in [-0.2, 0) is 10.0 Å². The lowest BCUT2D eigenvalue weighted by atomic mass is 10.1. The Morgan fingerprint density at radius 1 is 1.17 bits per heavy atom. The molecule has 6 heteroatoms. The molecule has 1 saturated heterocycles. The summed E-state index contributed by atoms with van der Waals surface area (Å²) in [5.41, 5.74) is 1.24. The van der Waals surface area contributed by atoms with E-state index in [-0.39, 0.29) is 10.8 Å². The second-order valence-corrected chi connectivity index (χ2v) is 8.34. The first-order chi connectivity index (χ1) is 11.5. The molecular weight excluding hydrogens is 324 g/mol. The number of hydrogen-bond acceptors (Lipinski definition) is 3. The first-order valence-electron chi connectivity index (χ1n) is 8.86. The smallest absolute Gasteiger partial charge is 0.251 e. The van der Waals surface area contributed by atoms with E-state index in [2.05, 4.69) is 12.2 Å². The molecule has 1 amide bonds. The summed E-state index contributed by atoms with van der Waals surface area (Å²) in [6.45, 7) is 5.63. The van der Waals surface area contributed by atoms with Crippen LogP contribution in [0.2, 0.25) is 0 Å². The van der Waals surface area contributed by atoms with Crippen molar-refractivity contribution < 1.29 is 13.2 Å². The van der Waals surface area contributed by atoms with Crippen LogP contribution >= 0.6 is 0 Å². The minimum atomic E-state index is -3.53. The van der Waals surface area contributed by atoms with Crippen molar-refractivity contribution in [2.75, 3.05) is 19.6 Å². The van der Waals surface area contributed by atoms with Gasteiger partial charge in [0.1, 0.15) is 0 Å². The monoisotopic (exact) mass is 352 g/mol. The van der Waals surface area contributed by atoms with Gasteiger partial charge in [-0.15, -0.1) is 0 Å². The zero-order chi connectivity index (χ0) is 17.6. The molecule has 1 fully saturated rings. The molecule has 24 heavy (non-hydrogen) atoms. The van der Waals surface area contributed by atoms with Crippen molar-refractivity contribution in [3.05, 3.63) is 29.3 Å². The third kappa shape index (κ3) is 4.57. The molecule has 5 nitrogen and oxygen atoms in total. The molecule has 0 saturated carbocycles. The third-order valence-corrected chi connectivity index (χ3v) is 6.37. The minimum Gasteiger partial charge on any atom is -0.352 e. The van der Waals surface area contributed by atoms with E-state index in [1.807, 2.05) is 6.92 Å². The van der Waals surface area contributed by atoms with E-state index in [4.69, 9.17) is 0 Å². The molecule has 1 aliphatic heterocycles. The van der Waals surface area contributed by atoms with Crippen LogP contribution in [-0.4, -0.2) is 38.3 Å². The molecule has 1 aliphatic rings. The average molecular weight is 353 g/mol. The van der Waals surface area contributed by atoms with Crippen LogP contribution < -0.4 is 5.32 Å². The van der Waals surface area contributed by atoms with Gasteiger partial charge in [0.05, 0.1) is 4.90 Å². The molecule has 0 radical (unpaired) electrons. The standard InChI is InChI=1S/C18H28N2O3S/c1-3-4-11-19-18(21)17-14-16(10-9-15(17)2)24(22,23)20-12-7-5-6-8-13-20/h9-10,14H,3-8,11-13H2,1-2H3,(H,19,21). The van der Waals surface area contributed by atoms with E-state index in [1.165, 1.54) is 6.07 Å². The molecule has 0 aliphatic carbocycles. The lowest BCUT2D eigenvalue weighted by molar-refractivity contribution is 0.0952. The Hall–Kier alpha value is -1.40. The summed E-state index contributed by atoms with van der Waals surface area (Å²) in [6, 6.07) is 4.86. The molecule has 134 valence electrons. The quantitative estimate of drug-likeness (QED) is 0.800. The van der Waals surface area contributed by atoms with Crippen LogP contribution in [0.15, 0.2) is 23.1 Å². The highest BCUT2D eigenvalue weighted by Gasteiger charge is 2.26. The van der Waals surface area contributed by atoms with Crippen LogP contribution in [0.3, 0.4) is 0 Å². The highest BCUT2D eigenvalue weighted by atomic mass is 32.2. The van der Waals surface area contributed by atoms with Crippen molar-refractivity contribution in [2.24, 2.45) is 0 Å². The maximum absolute atomic E-state index is 12.9. The number of amides is 1. The van der Waals surface area contributed by atoms with Crippen LogP contribution in [0.5, 0.6) is 0 Å². The van der Waals surface area contributed by atoms with Crippen LogP contribution in [0, 0.1) is 6.92 Å². The lowest BCUT2D eigenvalue weighted by Crippen LogP contribution is -2.32. The fourth-order valence-electron chi connectivity index (χ4n) is 2.91. The van der Waals surface area contributed by atoms with E-state index in [9.17, 15) is 13.2 Å². The van der Waals surface area contributed by atoms with E-state index in [0.717, 1.165) is 44.1 Å². The van der Waals surface area contributed by atoms with Gasteiger partial charge in [0, 0.05) is 25.2 Å². The highest BCUT2D eigenvalue weighted by Crippen LogP contribution is 2.22. The van der Waals surface area contributed by atoms with Gasteiger partial charge in [0.15, 0.2) is 0 Å². The number of unbranched alkanes of at least 4 members (excludes halogenated alkanes) is 1. The summed E-state index contributed by atoms with van der Waals surface area (Å²) in [7, 11) is -3.53. The molecule has 1 heterocycles. The second-order valence-electron chi connectivity index (χ2n) is 6.40. The van der Waals surface area contributed by atoms with E-state index in [1.54, 1.807) is 16.4 Å². The van der Waals surface area contributed by atoms with Gasteiger partial charge in [-0.2, -0.15) is 4.31 Å². The van der Waals surface area contributed by atoms with Gasteiger partial charge in [-0.3, -0.25) is 4.79 Å². The second kappa shape index (κ2) is 8.62. The fourth-order valence-corrected chi connectivity index (χ4v) is 4.46. The Balaban J connectivity index is 2.24.